The van der Waals surface area contributed by atoms with Crippen LogP contribution in [0.2, 0.25) is 0 Å². The van der Waals surface area contributed by atoms with Crippen molar-refractivity contribution in [2.24, 2.45) is 5.92 Å². The van der Waals surface area contributed by atoms with E-state index in [4.69, 9.17) is 4.74 Å². The molecule has 21 heavy (non-hydrogen) atoms. The van der Waals surface area contributed by atoms with E-state index in [1.165, 1.54) is 11.1 Å². The Morgan fingerprint density at radius 1 is 0.905 bits per heavy atom. The maximum Gasteiger partial charge on any atom is 0.119 e. The van der Waals surface area contributed by atoms with Gasteiger partial charge in [-0.1, -0.05) is 56.3 Å². The molecule has 0 heterocycles. The van der Waals surface area contributed by atoms with Gasteiger partial charge >= 0.3 is 0 Å². The molecule has 2 nitrogen and oxygen atoms in total. The molecule has 1 N–H and O–H groups in total. The molecule has 112 valence electrons. The van der Waals surface area contributed by atoms with E-state index in [1.54, 1.807) is 0 Å². The number of rotatable bonds is 7. The number of hydrogen-bond acceptors (Lipinski definition) is 2. The summed E-state index contributed by atoms with van der Waals surface area (Å²) in [5.74, 6) is 1.50. The third-order valence-electron chi connectivity index (χ3n) is 3.42. The lowest BCUT2D eigenvalue weighted by Gasteiger charge is -2.14. The molecule has 0 fully saturated rings. The minimum absolute atomic E-state index is 0.350. The Morgan fingerprint density at radius 2 is 1.57 bits per heavy atom. The molecule has 0 amide bonds. The summed E-state index contributed by atoms with van der Waals surface area (Å²) in [4.78, 5) is 0. The molecule has 0 aliphatic carbocycles. The zero-order valence-corrected chi connectivity index (χ0v) is 13.2. The molecule has 0 aromatic heterocycles. The van der Waals surface area contributed by atoms with E-state index in [2.05, 4.69) is 62.5 Å². The predicted octanol–water partition coefficient (Wildman–Crippen LogP) is 4.57. The lowest BCUT2D eigenvalue weighted by atomic mass is 10.1. The van der Waals surface area contributed by atoms with Crippen LogP contribution in [0.3, 0.4) is 0 Å². The average Bonchev–Trinajstić information content (AvgIpc) is 2.52. The largest absolute Gasteiger partial charge is 0.493 e. The highest BCUT2D eigenvalue weighted by molar-refractivity contribution is 5.27. The van der Waals surface area contributed by atoms with Crippen molar-refractivity contribution in [2.45, 2.75) is 33.4 Å². The monoisotopic (exact) mass is 283 g/mol. The highest BCUT2D eigenvalue weighted by atomic mass is 16.5. The molecule has 0 spiro atoms. The quantitative estimate of drug-likeness (QED) is 0.803. The first-order valence-corrected chi connectivity index (χ1v) is 7.65. The third-order valence-corrected chi connectivity index (χ3v) is 3.42. The van der Waals surface area contributed by atoms with Gasteiger partial charge in [-0.15, -0.1) is 0 Å². The van der Waals surface area contributed by atoms with Gasteiger partial charge in [0.1, 0.15) is 5.75 Å². The van der Waals surface area contributed by atoms with Crippen LogP contribution < -0.4 is 10.1 Å². The van der Waals surface area contributed by atoms with E-state index in [-0.39, 0.29) is 0 Å². The van der Waals surface area contributed by atoms with Gasteiger partial charge in [0.05, 0.1) is 6.61 Å². The van der Waals surface area contributed by atoms with Crippen molar-refractivity contribution in [1.29, 1.82) is 0 Å². The minimum Gasteiger partial charge on any atom is -0.493 e. The van der Waals surface area contributed by atoms with Gasteiger partial charge in [-0.2, -0.15) is 0 Å². The highest BCUT2D eigenvalue weighted by Gasteiger charge is 2.04. The molecule has 0 aliphatic rings. The first kappa shape index (κ1) is 15.6. The Morgan fingerprint density at radius 3 is 2.19 bits per heavy atom. The van der Waals surface area contributed by atoms with Crippen molar-refractivity contribution in [3.05, 3.63) is 65.7 Å². The molecular formula is C19H25NO. The summed E-state index contributed by atoms with van der Waals surface area (Å²) < 4.78 is 5.70. The molecule has 1 unspecified atom stereocenters. The first-order chi connectivity index (χ1) is 10.1. The van der Waals surface area contributed by atoms with E-state index in [1.807, 2.05) is 18.2 Å². The van der Waals surface area contributed by atoms with Crippen LogP contribution in [0.1, 0.15) is 37.9 Å². The minimum atomic E-state index is 0.350. The molecule has 0 saturated carbocycles. The summed E-state index contributed by atoms with van der Waals surface area (Å²) >= 11 is 0. The van der Waals surface area contributed by atoms with E-state index in [0.29, 0.717) is 12.0 Å². The van der Waals surface area contributed by atoms with Crippen LogP contribution >= 0.6 is 0 Å². The Labute approximate surface area is 128 Å². The summed E-state index contributed by atoms with van der Waals surface area (Å²) in [7, 11) is 0. The van der Waals surface area contributed by atoms with Gasteiger partial charge in [0, 0.05) is 12.6 Å². The second-order valence-corrected chi connectivity index (χ2v) is 5.86. The Bertz CT molecular complexity index is 519. The van der Waals surface area contributed by atoms with Crippen LogP contribution in [0.5, 0.6) is 5.75 Å². The van der Waals surface area contributed by atoms with Crippen molar-refractivity contribution in [2.75, 3.05) is 6.61 Å². The Hall–Kier alpha value is -1.80. The smallest absolute Gasteiger partial charge is 0.119 e. The van der Waals surface area contributed by atoms with E-state index >= 15 is 0 Å². The second-order valence-electron chi connectivity index (χ2n) is 5.86. The Kier molecular flexibility index (Phi) is 5.82. The molecule has 2 aromatic rings. The summed E-state index contributed by atoms with van der Waals surface area (Å²) in [6.45, 7) is 8.13. The van der Waals surface area contributed by atoms with Gasteiger partial charge in [0.25, 0.3) is 0 Å². The van der Waals surface area contributed by atoms with Gasteiger partial charge in [-0.3, -0.25) is 0 Å². The van der Waals surface area contributed by atoms with Crippen LogP contribution in [0.25, 0.3) is 0 Å². The van der Waals surface area contributed by atoms with Gasteiger partial charge in [-0.25, -0.2) is 0 Å². The number of benzene rings is 2. The van der Waals surface area contributed by atoms with Crippen molar-refractivity contribution < 1.29 is 4.74 Å². The molecule has 2 rings (SSSR count). The fourth-order valence-electron chi connectivity index (χ4n) is 2.10. The summed E-state index contributed by atoms with van der Waals surface area (Å²) in [5, 5.41) is 3.54. The molecular weight excluding hydrogens is 258 g/mol. The lowest BCUT2D eigenvalue weighted by molar-refractivity contribution is 0.271. The molecule has 2 heteroatoms. The first-order valence-electron chi connectivity index (χ1n) is 7.65. The van der Waals surface area contributed by atoms with Crippen LogP contribution in [0, 0.1) is 5.92 Å². The van der Waals surface area contributed by atoms with Gasteiger partial charge < -0.3 is 10.1 Å². The maximum atomic E-state index is 5.70. The van der Waals surface area contributed by atoms with Crippen LogP contribution in [0.4, 0.5) is 0 Å². The standard InChI is InChI=1S/C19H25NO/c1-15(2)14-21-19-11-9-17(10-12-19)13-20-16(3)18-7-5-4-6-8-18/h4-12,15-16,20H,13-14H2,1-3H3. The SMILES string of the molecule is CC(C)COc1ccc(CNC(C)c2ccccc2)cc1. The maximum absolute atomic E-state index is 5.70. The summed E-state index contributed by atoms with van der Waals surface area (Å²) in [6.07, 6.45) is 0. The van der Waals surface area contributed by atoms with Crippen LogP contribution in [-0.2, 0) is 6.54 Å². The fraction of sp³-hybridized carbons (Fsp3) is 0.368. The molecule has 0 aliphatic heterocycles. The molecule has 2 aromatic carbocycles. The zero-order valence-electron chi connectivity index (χ0n) is 13.2. The Balaban J connectivity index is 1.83. The second kappa shape index (κ2) is 7.84. The normalized spacial score (nSPS) is 12.4. The van der Waals surface area contributed by atoms with Gasteiger partial charge in [-0.05, 0) is 36.1 Å². The predicted molar refractivity (Wildman–Crippen MR) is 88.5 cm³/mol. The number of nitrogens with one attached hydrogen (secondary N) is 1. The van der Waals surface area contributed by atoms with E-state index in [0.717, 1.165) is 18.9 Å². The number of hydrogen-bond donors (Lipinski definition) is 1. The van der Waals surface area contributed by atoms with Crippen molar-refractivity contribution >= 4 is 0 Å². The third kappa shape index (κ3) is 5.24. The summed E-state index contributed by atoms with van der Waals surface area (Å²) in [6, 6.07) is 19.2. The molecule has 0 radical (unpaired) electrons. The van der Waals surface area contributed by atoms with Crippen molar-refractivity contribution in [1.82, 2.24) is 5.32 Å². The molecule has 0 bridgehead atoms. The van der Waals surface area contributed by atoms with Gasteiger partial charge in [0.15, 0.2) is 0 Å². The molecule has 1 atom stereocenters. The fourth-order valence-corrected chi connectivity index (χ4v) is 2.10. The van der Waals surface area contributed by atoms with Crippen LogP contribution in [-0.4, -0.2) is 6.61 Å². The van der Waals surface area contributed by atoms with E-state index < -0.39 is 0 Å². The highest BCUT2D eigenvalue weighted by Crippen LogP contribution is 2.15. The number of ether oxygens (including phenoxy) is 1. The van der Waals surface area contributed by atoms with Gasteiger partial charge in [0.2, 0.25) is 0 Å². The van der Waals surface area contributed by atoms with Crippen molar-refractivity contribution in [3.8, 4) is 5.75 Å². The molecule has 0 saturated heterocycles. The zero-order chi connectivity index (χ0) is 15.1. The topological polar surface area (TPSA) is 21.3 Å². The van der Waals surface area contributed by atoms with Crippen molar-refractivity contribution in [3.63, 3.8) is 0 Å². The lowest BCUT2D eigenvalue weighted by Crippen LogP contribution is -2.17. The van der Waals surface area contributed by atoms with E-state index in [9.17, 15) is 0 Å². The average molecular weight is 283 g/mol. The summed E-state index contributed by atoms with van der Waals surface area (Å²) in [5.41, 5.74) is 2.59. The van der Waals surface area contributed by atoms with Crippen LogP contribution in [0.15, 0.2) is 54.6 Å².